The number of aryl methyl sites for hydroxylation is 2. The first-order valence-electron chi connectivity index (χ1n) is 8.65. The summed E-state index contributed by atoms with van der Waals surface area (Å²) in [6.45, 7) is 3.72. The molecule has 6 heteroatoms. The van der Waals surface area contributed by atoms with Gasteiger partial charge >= 0.3 is 0 Å². The summed E-state index contributed by atoms with van der Waals surface area (Å²) >= 11 is 0. The van der Waals surface area contributed by atoms with Crippen LogP contribution in [0, 0.1) is 0 Å². The van der Waals surface area contributed by atoms with Gasteiger partial charge in [-0.15, -0.1) is 0 Å². The molecule has 1 aliphatic carbocycles. The summed E-state index contributed by atoms with van der Waals surface area (Å²) in [6.07, 6.45) is 2.46. The van der Waals surface area contributed by atoms with Gasteiger partial charge in [-0.2, -0.15) is 5.10 Å². The van der Waals surface area contributed by atoms with E-state index in [-0.39, 0.29) is 17.9 Å². The lowest BCUT2D eigenvalue weighted by Crippen LogP contribution is -2.44. The molecule has 2 aromatic rings. The van der Waals surface area contributed by atoms with Crippen LogP contribution in [-0.2, 0) is 22.4 Å². The number of amides is 1. The highest BCUT2D eigenvalue weighted by molar-refractivity contribution is 5.85. The Morgan fingerprint density at radius 3 is 3.12 bits per heavy atom. The Balaban J connectivity index is 1.49. The minimum absolute atomic E-state index is 0.0155. The summed E-state index contributed by atoms with van der Waals surface area (Å²) < 4.78 is 5.80. The van der Waals surface area contributed by atoms with Gasteiger partial charge in [-0.3, -0.25) is 9.89 Å². The fraction of sp³-hybridized carbons (Fsp3) is 0.500. The topological polar surface area (TPSA) is 71.1 Å². The van der Waals surface area contributed by atoms with Crippen LogP contribution in [0.25, 0.3) is 0 Å². The van der Waals surface area contributed by atoms with E-state index in [1.165, 1.54) is 11.1 Å². The molecule has 0 unspecified atom stereocenters. The summed E-state index contributed by atoms with van der Waals surface area (Å²) in [7, 11) is 0. The molecular weight excluding hydrogens is 304 g/mol. The zero-order valence-corrected chi connectivity index (χ0v) is 13.9. The van der Waals surface area contributed by atoms with E-state index in [9.17, 15) is 4.79 Å². The maximum absolute atomic E-state index is 13.0. The monoisotopic (exact) mass is 326 g/mol. The molecule has 126 valence electrons. The molecule has 0 saturated carbocycles. The Kier molecular flexibility index (Phi) is 4.06. The van der Waals surface area contributed by atoms with Crippen LogP contribution in [0.2, 0.25) is 0 Å². The van der Waals surface area contributed by atoms with Crippen molar-refractivity contribution < 1.29 is 9.53 Å². The van der Waals surface area contributed by atoms with E-state index in [0.717, 1.165) is 25.1 Å². The van der Waals surface area contributed by atoms with Crippen molar-refractivity contribution in [2.24, 2.45) is 0 Å². The van der Waals surface area contributed by atoms with E-state index >= 15 is 0 Å². The predicted octanol–water partition coefficient (Wildman–Crippen LogP) is 2.00. The summed E-state index contributed by atoms with van der Waals surface area (Å²) in [6, 6.07) is 8.29. The van der Waals surface area contributed by atoms with Gasteiger partial charge in [0.2, 0.25) is 5.91 Å². The zero-order valence-electron chi connectivity index (χ0n) is 13.9. The van der Waals surface area contributed by atoms with Gasteiger partial charge in [-0.05, 0) is 24.0 Å². The second-order valence-corrected chi connectivity index (χ2v) is 6.43. The Labute approximate surface area is 141 Å². The molecule has 0 radical (unpaired) electrons. The minimum atomic E-state index is -0.240. The van der Waals surface area contributed by atoms with Crippen molar-refractivity contribution in [1.82, 2.24) is 20.1 Å². The summed E-state index contributed by atoms with van der Waals surface area (Å²) in [5.41, 5.74) is 2.50. The third-order valence-electron chi connectivity index (χ3n) is 4.98. The normalized spacial score (nSPS) is 23.3. The SMILES string of the molecule is CCc1nc([C@@H]2CN(C(=O)[C@@H]3CCc4ccccc43)CCO2)n[nH]1. The van der Waals surface area contributed by atoms with Gasteiger partial charge in [0.1, 0.15) is 11.9 Å². The van der Waals surface area contributed by atoms with E-state index in [4.69, 9.17) is 4.74 Å². The summed E-state index contributed by atoms with van der Waals surface area (Å²) in [5, 5.41) is 7.16. The van der Waals surface area contributed by atoms with Crippen molar-refractivity contribution in [3.63, 3.8) is 0 Å². The molecule has 2 atom stereocenters. The van der Waals surface area contributed by atoms with Crippen LogP contribution < -0.4 is 0 Å². The third-order valence-corrected chi connectivity index (χ3v) is 4.98. The van der Waals surface area contributed by atoms with Crippen LogP contribution in [0.1, 0.15) is 48.1 Å². The molecule has 2 aliphatic rings. The van der Waals surface area contributed by atoms with Crippen molar-refractivity contribution in [3.05, 3.63) is 47.0 Å². The molecule has 0 bridgehead atoms. The molecule has 1 aliphatic heterocycles. The highest BCUT2D eigenvalue weighted by Crippen LogP contribution is 2.35. The number of hydrogen-bond acceptors (Lipinski definition) is 4. The minimum Gasteiger partial charge on any atom is -0.366 e. The second kappa shape index (κ2) is 6.36. The molecule has 1 aromatic heterocycles. The molecule has 4 rings (SSSR count). The number of carbonyl (C=O) groups is 1. The van der Waals surface area contributed by atoms with E-state index in [0.29, 0.717) is 25.5 Å². The van der Waals surface area contributed by atoms with Crippen molar-refractivity contribution in [1.29, 1.82) is 0 Å². The van der Waals surface area contributed by atoms with Gasteiger partial charge in [0, 0.05) is 13.0 Å². The quantitative estimate of drug-likeness (QED) is 0.936. The van der Waals surface area contributed by atoms with Gasteiger partial charge in [0.15, 0.2) is 5.82 Å². The maximum Gasteiger partial charge on any atom is 0.230 e. The highest BCUT2D eigenvalue weighted by atomic mass is 16.5. The van der Waals surface area contributed by atoms with Crippen molar-refractivity contribution in [3.8, 4) is 0 Å². The van der Waals surface area contributed by atoms with Gasteiger partial charge in [0.25, 0.3) is 0 Å². The van der Waals surface area contributed by atoms with E-state index in [1.807, 2.05) is 24.0 Å². The Morgan fingerprint density at radius 2 is 2.29 bits per heavy atom. The second-order valence-electron chi connectivity index (χ2n) is 6.43. The number of aromatic amines is 1. The molecular formula is C18H22N4O2. The number of benzene rings is 1. The average Bonchev–Trinajstić information content (AvgIpc) is 3.28. The number of rotatable bonds is 3. The number of H-pyrrole nitrogens is 1. The lowest BCUT2D eigenvalue weighted by molar-refractivity contribution is -0.140. The van der Waals surface area contributed by atoms with Gasteiger partial charge < -0.3 is 9.64 Å². The Bertz CT molecular complexity index is 742. The predicted molar refractivity (Wildman–Crippen MR) is 88.5 cm³/mol. The first kappa shape index (κ1) is 15.3. The number of fused-ring (bicyclic) bond motifs is 1. The summed E-state index contributed by atoms with van der Waals surface area (Å²) in [5.74, 6) is 1.69. The molecule has 1 N–H and O–H groups in total. The van der Waals surface area contributed by atoms with Crippen LogP contribution >= 0.6 is 0 Å². The molecule has 6 nitrogen and oxygen atoms in total. The maximum atomic E-state index is 13.0. The van der Waals surface area contributed by atoms with Gasteiger partial charge in [0.05, 0.1) is 19.1 Å². The highest BCUT2D eigenvalue weighted by Gasteiger charge is 2.35. The number of hydrogen-bond donors (Lipinski definition) is 1. The number of nitrogens with one attached hydrogen (secondary N) is 1. The Hall–Kier alpha value is -2.21. The van der Waals surface area contributed by atoms with E-state index in [1.54, 1.807) is 0 Å². The van der Waals surface area contributed by atoms with Crippen molar-refractivity contribution >= 4 is 5.91 Å². The lowest BCUT2D eigenvalue weighted by atomic mass is 9.99. The molecule has 1 aromatic carbocycles. The van der Waals surface area contributed by atoms with Crippen LogP contribution in [0.15, 0.2) is 24.3 Å². The fourth-order valence-corrected chi connectivity index (χ4v) is 3.65. The molecule has 2 heterocycles. The molecule has 1 amide bonds. The third kappa shape index (κ3) is 2.71. The number of nitrogens with zero attached hydrogens (tertiary/aromatic N) is 3. The summed E-state index contributed by atoms with van der Waals surface area (Å²) in [4.78, 5) is 19.4. The molecule has 1 saturated heterocycles. The van der Waals surface area contributed by atoms with Crippen LogP contribution in [0.3, 0.4) is 0 Å². The largest absolute Gasteiger partial charge is 0.366 e. The molecule has 24 heavy (non-hydrogen) atoms. The van der Waals surface area contributed by atoms with Gasteiger partial charge in [-0.1, -0.05) is 31.2 Å². The van der Waals surface area contributed by atoms with Crippen LogP contribution in [0.4, 0.5) is 0 Å². The first-order chi connectivity index (χ1) is 11.8. The van der Waals surface area contributed by atoms with E-state index in [2.05, 4.69) is 27.3 Å². The van der Waals surface area contributed by atoms with Crippen LogP contribution in [0.5, 0.6) is 0 Å². The fourth-order valence-electron chi connectivity index (χ4n) is 3.65. The first-order valence-corrected chi connectivity index (χ1v) is 8.65. The number of carbonyl (C=O) groups excluding carboxylic acids is 1. The standard InChI is InChI=1S/C18H22N4O2/c1-2-16-19-17(21-20-16)15-11-22(9-10-24-15)18(23)14-8-7-12-5-3-4-6-13(12)14/h3-6,14-15H,2,7-11H2,1H3,(H,19,20,21)/t14-,15+/m1/s1. The molecule has 1 fully saturated rings. The zero-order chi connectivity index (χ0) is 16.5. The lowest BCUT2D eigenvalue weighted by Gasteiger charge is -2.33. The van der Waals surface area contributed by atoms with Gasteiger partial charge in [-0.25, -0.2) is 4.98 Å². The average molecular weight is 326 g/mol. The Morgan fingerprint density at radius 1 is 1.42 bits per heavy atom. The smallest absolute Gasteiger partial charge is 0.230 e. The number of morpholine rings is 1. The van der Waals surface area contributed by atoms with Crippen molar-refractivity contribution in [2.45, 2.75) is 38.2 Å². The number of aromatic nitrogens is 3. The van der Waals surface area contributed by atoms with Crippen molar-refractivity contribution in [2.75, 3.05) is 19.7 Å². The van der Waals surface area contributed by atoms with Crippen LogP contribution in [-0.4, -0.2) is 45.7 Å². The number of ether oxygens (including phenoxy) is 1. The molecule has 0 spiro atoms. The van der Waals surface area contributed by atoms with E-state index < -0.39 is 0 Å².